The van der Waals surface area contributed by atoms with Crippen LogP contribution in [-0.2, 0) is 0 Å². The Labute approximate surface area is 110 Å². The zero-order valence-corrected chi connectivity index (χ0v) is 10.2. The van der Waals surface area contributed by atoms with E-state index >= 15 is 0 Å². The Morgan fingerprint density at radius 2 is 1.63 bits per heavy atom. The van der Waals surface area contributed by atoms with E-state index in [1.54, 1.807) is 12.1 Å². The summed E-state index contributed by atoms with van der Waals surface area (Å²) in [4.78, 5) is 10.9. The third kappa shape index (κ3) is 1.97. The third-order valence-electron chi connectivity index (χ3n) is 3.25. The Morgan fingerprint density at radius 1 is 0.842 bits per heavy atom. The highest BCUT2D eigenvalue weighted by Crippen LogP contribution is 2.33. The van der Waals surface area contributed by atoms with Gasteiger partial charge in [-0.1, -0.05) is 48.5 Å². The quantitative estimate of drug-likeness (QED) is 0.695. The maximum absolute atomic E-state index is 10.9. The molecule has 2 heteroatoms. The van der Waals surface area contributed by atoms with Crippen LogP contribution in [0.3, 0.4) is 0 Å². The average molecular weight is 248 g/mol. The van der Waals surface area contributed by atoms with Crippen LogP contribution in [0.5, 0.6) is 5.75 Å². The fourth-order valence-corrected chi connectivity index (χ4v) is 2.25. The molecule has 0 bridgehead atoms. The van der Waals surface area contributed by atoms with E-state index < -0.39 is 0 Å². The number of carbonyl (C=O) groups excluding carboxylic acids is 1. The summed E-state index contributed by atoms with van der Waals surface area (Å²) in [6.07, 6.45) is 0.667. The second-order valence-corrected chi connectivity index (χ2v) is 4.42. The molecule has 0 amide bonds. The molecule has 0 radical (unpaired) electrons. The molecule has 0 heterocycles. The van der Waals surface area contributed by atoms with Crippen molar-refractivity contribution in [1.29, 1.82) is 0 Å². The van der Waals surface area contributed by atoms with Crippen LogP contribution in [0.4, 0.5) is 0 Å². The van der Waals surface area contributed by atoms with Crippen molar-refractivity contribution in [3.05, 3.63) is 66.2 Å². The average Bonchev–Trinajstić information content (AvgIpc) is 2.47. The van der Waals surface area contributed by atoms with Crippen LogP contribution in [0, 0.1) is 0 Å². The van der Waals surface area contributed by atoms with Crippen LogP contribution in [0.1, 0.15) is 10.4 Å². The van der Waals surface area contributed by atoms with Crippen molar-refractivity contribution in [2.24, 2.45) is 0 Å². The summed E-state index contributed by atoms with van der Waals surface area (Å²) in [5.74, 6) is 0.0350. The molecule has 0 aliphatic heterocycles. The number of aldehydes is 1. The lowest BCUT2D eigenvalue weighted by atomic mass is 9.99. The molecule has 2 nitrogen and oxygen atoms in total. The lowest BCUT2D eigenvalue weighted by Crippen LogP contribution is -1.85. The van der Waals surface area contributed by atoms with Gasteiger partial charge >= 0.3 is 0 Å². The summed E-state index contributed by atoms with van der Waals surface area (Å²) in [6, 6.07) is 19.2. The Bertz CT molecular complexity index is 760. The summed E-state index contributed by atoms with van der Waals surface area (Å²) in [6.45, 7) is 0. The fourth-order valence-electron chi connectivity index (χ4n) is 2.25. The van der Waals surface area contributed by atoms with Crippen molar-refractivity contribution in [3.63, 3.8) is 0 Å². The van der Waals surface area contributed by atoms with Gasteiger partial charge in [-0.05, 0) is 28.5 Å². The van der Waals surface area contributed by atoms with Gasteiger partial charge in [0.15, 0.2) is 6.29 Å². The van der Waals surface area contributed by atoms with Crippen molar-refractivity contribution in [2.45, 2.75) is 0 Å². The zero-order valence-electron chi connectivity index (χ0n) is 10.2. The molecule has 0 unspecified atom stereocenters. The predicted octanol–water partition coefficient (Wildman–Crippen LogP) is 4.02. The molecular weight excluding hydrogens is 236 g/mol. The highest BCUT2D eigenvalue weighted by atomic mass is 16.3. The van der Waals surface area contributed by atoms with Gasteiger partial charge in [0.05, 0.1) is 5.56 Å². The van der Waals surface area contributed by atoms with Crippen LogP contribution in [0.25, 0.3) is 21.9 Å². The molecule has 0 saturated heterocycles. The van der Waals surface area contributed by atoms with E-state index in [1.807, 2.05) is 48.5 Å². The summed E-state index contributed by atoms with van der Waals surface area (Å²) < 4.78 is 0. The Balaban J connectivity index is 2.21. The maximum atomic E-state index is 10.9. The summed E-state index contributed by atoms with van der Waals surface area (Å²) in [5.41, 5.74) is 1.89. The molecule has 0 atom stereocenters. The minimum Gasteiger partial charge on any atom is -0.507 e. The molecule has 0 fully saturated rings. The molecule has 3 aromatic rings. The molecule has 0 saturated carbocycles. The molecule has 0 aromatic heterocycles. The van der Waals surface area contributed by atoms with Gasteiger partial charge in [-0.2, -0.15) is 0 Å². The van der Waals surface area contributed by atoms with E-state index in [0.29, 0.717) is 17.4 Å². The lowest BCUT2D eigenvalue weighted by Gasteiger charge is -2.07. The number of phenols is 1. The van der Waals surface area contributed by atoms with E-state index in [-0.39, 0.29) is 5.75 Å². The number of rotatable bonds is 2. The number of carbonyl (C=O) groups is 1. The molecule has 3 aromatic carbocycles. The first-order valence-corrected chi connectivity index (χ1v) is 6.06. The molecule has 92 valence electrons. The first-order chi connectivity index (χ1) is 9.29. The third-order valence-corrected chi connectivity index (χ3v) is 3.25. The molecule has 0 aliphatic rings. The molecular formula is C17H12O2. The number of aromatic hydroxyl groups is 1. The van der Waals surface area contributed by atoms with Gasteiger partial charge in [-0.25, -0.2) is 0 Å². The first-order valence-electron chi connectivity index (χ1n) is 6.06. The minimum absolute atomic E-state index is 0.0350. The number of para-hydroxylation sites is 1. The van der Waals surface area contributed by atoms with Crippen LogP contribution in [-0.4, -0.2) is 11.4 Å². The van der Waals surface area contributed by atoms with Crippen molar-refractivity contribution >= 4 is 17.1 Å². The van der Waals surface area contributed by atoms with Crippen molar-refractivity contribution < 1.29 is 9.90 Å². The van der Waals surface area contributed by atoms with Gasteiger partial charge < -0.3 is 5.11 Å². The van der Waals surface area contributed by atoms with Crippen LogP contribution in [0.2, 0.25) is 0 Å². The second-order valence-electron chi connectivity index (χ2n) is 4.42. The first kappa shape index (κ1) is 11.5. The topological polar surface area (TPSA) is 37.3 Å². The van der Waals surface area contributed by atoms with Crippen molar-refractivity contribution in [1.82, 2.24) is 0 Å². The van der Waals surface area contributed by atoms with Gasteiger partial charge in [0.1, 0.15) is 5.75 Å². The Hall–Kier alpha value is -2.61. The molecule has 1 N–H and O–H groups in total. The summed E-state index contributed by atoms with van der Waals surface area (Å²) >= 11 is 0. The normalized spacial score (nSPS) is 10.5. The summed E-state index contributed by atoms with van der Waals surface area (Å²) in [7, 11) is 0. The largest absolute Gasteiger partial charge is 0.507 e. The van der Waals surface area contributed by atoms with E-state index in [2.05, 4.69) is 0 Å². The number of phenolic OH excluding ortho intramolecular Hbond substituents is 1. The van der Waals surface area contributed by atoms with E-state index in [4.69, 9.17) is 0 Å². The standard InChI is InChI=1S/C17H12O2/c18-11-15-6-3-7-16(17(15)19)14-9-8-12-4-1-2-5-13(12)10-14/h1-11,19H. The Kier molecular flexibility index (Phi) is 2.76. The highest BCUT2D eigenvalue weighted by Gasteiger charge is 2.08. The van der Waals surface area contributed by atoms with E-state index in [1.165, 1.54) is 0 Å². The molecule has 3 rings (SSSR count). The van der Waals surface area contributed by atoms with E-state index in [0.717, 1.165) is 16.3 Å². The maximum Gasteiger partial charge on any atom is 0.153 e. The smallest absolute Gasteiger partial charge is 0.153 e. The van der Waals surface area contributed by atoms with Gasteiger partial charge in [-0.3, -0.25) is 4.79 Å². The predicted molar refractivity (Wildman–Crippen MR) is 76.4 cm³/mol. The zero-order chi connectivity index (χ0) is 13.2. The highest BCUT2D eigenvalue weighted by molar-refractivity contribution is 5.91. The minimum atomic E-state index is 0.0350. The molecule has 0 spiro atoms. The van der Waals surface area contributed by atoms with Crippen LogP contribution >= 0.6 is 0 Å². The van der Waals surface area contributed by atoms with Gasteiger partial charge in [0.25, 0.3) is 0 Å². The SMILES string of the molecule is O=Cc1cccc(-c2ccc3ccccc3c2)c1O. The monoisotopic (exact) mass is 248 g/mol. The van der Waals surface area contributed by atoms with Gasteiger partial charge in [-0.15, -0.1) is 0 Å². The molecule has 19 heavy (non-hydrogen) atoms. The second kappa shape index (κ2) is 4.58. The van der Waals surface area contributed by atoms with Gasteiger partial charge in [0.2, 0.25) is 0 Å². The number of fused-ring (bicyclic) bond motifs is 1. The number of benzene rings is 3. The number of hydrogen-bond donors (Lipinski definition) is 1. The fraction of sp³-hybridized carbons (Fsp3) is 0. The van der Waals surface area contributed by atoms with Crippen molar-refractivity contribution in [3.8, 4) is 16.9 Å². The summed E-state index contributed by atoms with van der Waals surface area (Å²) in [5, 5.41) is 12.3. The van der Waals surface area contributed by atoms with Gasteiger partial charge in [0, 0.05) is 5.56 Å². The lowest BCUT2D eigenvalue weighted by molar-refractivity contribution is 0.112. The van der Waals surface area contributed by atoms with Crippen LogP contribution in [0.15, 0.2) is 60.7 Å². The van der Waals surface area contributed by atoms with Crippen LogP contribution < -0.4 is 0 Å². The van der Waals surface area contributed by atoms with E-state index in [9.17, 15) is 9.90 Å². The Morgan fingerprint density at radius 3 is 2.42 bits per heavy atom. The van der Waals surface area contributed by atoms with Crippen molar-refractivity contribution in [2.75, 3.05) is 0 Å². The number of hydrogen-bond acceptors (Lipinski definition) is 2. The molecule has 0 aliphatic carbocycles.